The SMILES string of the molecule is CN1C(=O)[C@H](C2CCNCC2)N(C)C1=O. The van der Waals surface area contributed by atoms with E-state index in [1.807, 2.05) is 0 Å². The predicted molar refractivity (Wildman–Crippen MR) is 55.3 cm³/mol. The molecule has 0 bridgehead atoms. The van der Waals surface area contributed by atoms with Crippen LogP contribution in [0.2, 0.25) is 0 Å². The Balaban J connectivity index is 2.14. The number of likely N-dealkylation sites (N-methyl/N-ethyl adjacent to an activating group) is 2. The smallest absolute Gasteiger partial charge is 0.317 e. The molecule has 0 aromatic heterocycles. The average Bonchev–Trinajstić information content (AvgIpc) is 2.45. The summed E-state index contributed by atoms with van der Waals surface area (Å²) in [7, 11) is 3.28. The van der Waals surface area contributed by atoms with Crippen molar-refractivity contribution < 1.29 is 9.59 Å². The Bertz CT molecular complexity index is 286. The molecule has 5 heteroatoms. The molecule has 2 aliphatic rings. The van der Waals surface area contributed by atoms with Crippen LogP contribution in [0.15, 0.2) is 0 Å². The molecule has 2 heterocycles. The Morgan fingerprint density at radius 1 is 1.20 bits per heavy atom. The van der Waals surface area contributed by atoms with Crippen molar-refractivity contribution in [3.05, 3.63) is 0 Å². The highest BCUT2D eigenvalue weighted by molar-refractivity contribution is 6.03. The molecule has 0 saturated carbocycles. The second-order valence-corrected chi connectivity index (χ2v) is 4.32. The van der Waals surface area contributed by atoms with Crippen LogP contribution in [0.5, 0.6) is 0 Å². The number of nitrogens with zero attached hydrogens (tertiary/aromatic N) is 2. The number of hydrogen-bond acceptors (Lipinski definition) is 3. The van der Waals surface area contributed by atoms with Gasteiger partial charge < -0.3 is 10.2 Å². The van der Waals surface area contributed by atoms with E-state index in [2.05, 4.69) is 5.32 Å². The van der Waals surface area contributed by atoms with Crippen molar-refractivity contribution >= 4 is 11.9 Å². The lowest BCUT2D eigenvalue weighted by molar-refractivity contribution is -0.128. The number of hydrogen-bond donors (Lipinski definition) is 1. The Kier molecular flexibility index (Phi) is 2.65. The molecule has 0 aromatic carbocycles. The molecular weight excluding hydrogens is 194 g/mol. The predicted octanol–water partition coefficient (Wildman–Crippen LogP) is -0.122. The van der Waals surface area contributed by atoms with E-state index in [0.29, 0.717) is 5.92 Å². The van der Waals surface area contributed by atoms with Gasteiger partial charge >= 0.3 is 6.03 Å². The summed E-state index contributed by atoms with van der Waals surface area (Å²) < 4.78 is 0. The highest BCUT2D eigenvalue weighted by Gasteiger charge is 2.44. The van der Waals surface area contributed by atoms with Crippen LogP contribution in [0, 0.1) is 5.92 Å². The molecule has 2 rings (SSSR count). The number of amides is 3. The topological polar surface area (TPSA) is 52.7 Å². The van der Waals surface area contributed by atoms with Crippen molar-refractivity contribution in [2.45, 2.75) is 18.9 Å². The van der Waals surface area contributed by atoms with Gasteiger partial charge in [0.1, 0.15) is 6.04 Å². The van der Waals surface area contributed by atoms with Crippen LogP contribution in [0.25, 0.3) is 0 Å². The first kappa shape index (κ1) is 10.4. The minimum atomic E-state index is -0.232. The summed E-state index contributed by atoms with van der Waals surface area (Å²) >= 11 is 0. The van der Waals surface area contributed by atoms with Crippen LogP contribution in [0.1, 0.15) is 12.8 Å². The molecule has 2 saturated heterocycles. The van der Waals surface area contributed by atoms with Gasteiger partial charge in [0.25, 0.3) is 5.91 Å². The van der Waals surface area contributed by atoms with E-state index < -0.39 is 0 Å². The molecule has 1 N–H and O–H groups in total. The van der Waals surface area contributed by atoms with Crippen molar-refractivity contribution in [2.75, 3.05) is 27.2 Å². The fraction of sp³-hybridized carbons (Fsp3) is 0.800. The fourth-order valence-corrected chi connectivity index (χ4v) is 2.49. The van der Waals surface area contributed by atoms with Crippen molar-refractivity contribution in [1.82, 2.24) is 15.1 Å². The van der Waals surface area contributed by atoms with E-state index in [-0.39, 0.29) is 18.0 Å². The second-order valence-electron chi connectivity index (χ2n) is 4.32. The van der Waals surface area contributed by atoms with E-state index >= 15 is 0 Å². The minimum Gasteiger partial charge on any atom is -0.317 e. The first-order chi connectivity index (χ1) is 7.13. The molecule has 0 radical (unpaired) electrons. The van der Waals surface area contributed by atoms with Crippen LogP contribution < -0.4 is 5.32 Å². The third kappa shape index (κ3) is 1.61. The van der Waals surface area contributed by atoms with Crippen molar-refractivity contribution in [2.24, 2.45) is 5.92 Å². The lowest BCUT2D eigenvalue weighted by Crippen LogP contribution is -2.43. The first-order valence-electron chi connectivity index (χ1n) is 5.38. The Hall–Kier alpha value is -1.10. The minimum absolute atomic E-state index is 0.0469. The molecule has 2 aliphatic heterocycles. The molecule has 5 nitrogen and oxygen atoms in total. The second kappa shape index (κ2) is 3.81. The summed E-state index contributed by atoms with van der Waals surface area (Å²) in [5.74, 6) is 0.270. The van der Waals surface area contributed by atoms with E-state index in [1.54, 1.807) is 19.0 Å². The summed E-state index contributed by atoms with van der Waals surface area (Å²) in [5.41, 5.74) is 0. The van der Waals surface area contributed by atoms with Gasteiger partial charge in [-0.15, -0.1) is 0 Å². The number of urea groups is 1. The molecule has 1 atom stereocenters. The first-order valence-corrected chi connectivity index (χ1v) is 5.38. The van der Waals surface area contributed by atoms with Crippen LogP contribution in [-0.4, -0.2) is 55.0 Å². The monoisotopic (exact) mass is 211 g/mol. The highest BCUT2D eigenvalue weighted by atomic mass is 16.2. The zero-order chi connectivity index (χ0) is 11.0. The highest BCUT2D eigenvalue weighted by Crippen LogP contribution is 2.26. The van der Waals surface area contributed by atoms with Crippen LogP contribution in [0.4, 0.5) is 4.79 Å². The maximum atomic E-state index is 11.9. The summed E-state index contributed by atoms with van der Waals surface area (Å²) in [4.78, 5) is 26.3. The molecule has 84 valence electrons. The standard InChI is InChI=1S/C10H17N3O2/c1-12-8(7-3-5-11-6-4-7)9(14)13(2)10(12)15/h7-8,11H,3-6H2,1-2H3/t8-/m0/s1. The summed E-state index contributed by atoms with van der Waals surface area (Å²) in [5, 5.41) is 3.26. The Morgan fingerprint density at radius 3 is 2.27 bits per heavy atom. The maximum Gasteiger partial charge on any atom is 0.326 e. The average molecular weight is 211 g/mol. The van der Waals surface area contributed by atoms with E-state index in [1.165, 1.54) is 4.90 Å². The van der Waals surface area contributed by atoms with Gasteiger partial charge in [-0.05, 0) is 31.8 Å². The van der Waals surface area contributed by atoms with Crippen LogP contribution in [0.3, 0.4) is 0 Å². The number of piperidine rings is 1. The van der Waals surface area contributed by atoms with E-state index in [9.17, 15) is 9.59 Å². The lowest BCUT2D eigenvalue weighted by atomic mass is 9.89. The normalized spacial score (nSPS) is 29.1. The molecule has 15 heavy (non-hydrogen) atoms. The summed E-state index contributed by atoms with van der Waals surface area (Å²) in [6, 6.07) is -0.409. The van der Waals surface area contributed by atoms with Crippen molar-refractivity contribution in [3.63, 3.8) is 0 Å². The number of nitrogens with one attached hydrogen (secondary N) is 1. The molecule has 0 aliphatic carbocycles. The maximum absolute atomic E-state index is 11.9. The molecule has 2 fully saturated rings. The van der Waals surface area contributed by atoms with Crippen LogP contribution in [-0.2, 0) is 4.79 Å². The number of carbonyl (C=O) groups excluding carboxylic acids is 2. The molecule has 3 amide bonds. The van der Waals surface area contributed by atoms with Gasteiger partial charge in [-0.25, -0.2) is 4.79 Å². The zero-order valence-corrected chi connectivity index (χ0v) is 9.19. The summed E-state index contributed by atoms with van der Waals surface area (Å²) in [6.07, 6.45) is 1.95. The number of rotatable bonds is 1. The van der Waals surface area contributed by atoms with E-state index in [0.717, 1.165) is 25.9 Å². The number of carbonyl (C=O) groups is 2. The van der Waals surface area contributed by atoms with Gasteiger partial charge in [0.05, 0.1) is 0 Å². The quantitative estimate of drug-likeness (QED) is 0.615. The van der Waals surface area contributed by atoms with Gasteiger partial charge in [0.15, 0.2) is 0 Å². The van der Waals surface area contributed by atoms with Gasteiger partial charge in [-0.1, -0.05) is 0 Å². The van der Waals surface area contributed by atoms with Gasteiger partial charge in [-0.2, -0.15) is 0 Å². The van der Waals surface area contributed by atoms with Crippen molar-refractivity contribution in [3.8, 4) is 0 Å². The van der Waals surface area contributed by atoms with Crippen molar-refractivity contribution in [1.29, 1.82) is 0 Å². The van der Waals surface area contributed by atoms with E-state index in [4.69, 9.17) is 0 Å². The fourth-order valence-electron chi connectivity index (χ4n) is 2.49. The lowest BCUT2D eigenvalue weighted by Gasteiger charge is -2.29. The number of imide groups is 1. The molecule has 0 spiro atoms. The largest absolute Gasteiger partial charge is 0.326 e. The third-order valence-electron chi connectivity index (χ3n) is 3.42. The zero-order valence-electron chi connectivity index (χ0n) is 9.19. The van der Waals surface area contributed by atoms with Gasteiger partial charge in [0.2, 0.25) is 0 Å². The molecular formula is C10H17N3O2. The Morgan fingerprint density at radius 2 is 1.80 bits per heavy atom. The summed E-state index contributed by atoms with van der Waals surface area (Å²) in [6.45, 7) is 1.89. The molecule has 0 unspecified atom stereocenters. The third-order valence-corrected chi connectivity index (χ3v) is 3.42. The van der Waals surface area contributed by atoms with Crippen LogP contribution >= 0.6 is 0 Å². The van der Waals surface area contributed by atoms with Gasteiger partial charge in [0, 0.05) is 14.1 Å². The van der Waals surface area contributed by atoms with Gasteiger partial charge in [-0.3, -0.25) is 9.69 Å². The molecule has 0 aromatic rings. The Labute approximate surface area is 89.4 Å².